The van der Waals surface area contributed by atoms with Gasteiger partial charge < -0.3 is 14.2 Å². The largest absolute Gasteiger partial charge is 0.462 e. The lowest BCUT2D eigenvalue weighted by molar-refractivity contribution is -0.167. The Hall–Kier alpha value is -3.15. The molecule has 6 heteroatoms. The van der Waals surface area contributed by atoms with E-state index in [0.717, 1.165) is 109 Å². The van der Waals surface area contributed by atoms with E-state index >= 15 is 0 Å². The summed E-state index contributed by atoms with van der Waals surface area (Å²) in [4.78, 5) is 38.4. The lowest BCUT2D eigenvalue weighted by Gasteiger charge is -2.18. The number of esters is 3. The van der Waals surface area contributed by atoms with Crippen LogP contribution in [0.3, 0.4) is 0 Å². The molecule has 78 heavy (non-hydrogen) atoms. The van der Waals surface area contributed by atoms with Gasteiger partial charge in [0.15, 0.2) is 6.10 Å². The summed E-state index contributed by atoms with van der Waals surface area (Å²) in [5.74, 6) is -0.880. The number of ether oxygens (including phenoxy) is 3. The summed E-state index contributed by atoms with van der Waals surface area (Å²) < 4.78 is 17.0. The number of carbonyl (C=O) groups excluding carboxylic acids is 3. The van der Waals surface area contributed by atoms with Gasteiger partial charge in [-0.05, 0) is 89.9 Å². The van der Waals surface area contributed by atoms with Gasteiger partial charge in [-0.15, -0.1) is 0 Å². The topological polar surface area (TPSA) is 78.9 Å². The second kappa shape index (κ2) is 66.4. The molecule has 0 aliphatic carbocycles. The second-order valence-corrected chi connectivity index (χ2v) is 22.7. The molecule has 0 N–H and O–H groups in total. The molecule has 0 aromatic heterocycles. The van der Waals surface area contributed by atoms with Crippen LogP contribution in [0.4, 0.5) is 0 Å². The highest BCUT2D eigenvalue weighted by Crippen LogP contribution is 2.17. The first-order valence-electron chi connectivity index (χ1n) is 33.9. The van der Waals surface area contributed by atoms with Gasteiger partial charge in [-0.3, -0.25) is 14.4 Å². The molecule has 6 nitrogen and oxygen atoms in total. The van der Waals surface area contributed by atoms with Crippen molar-refractivity contribution >= 4 is 17.9 Å². The fourth-order valence-corrected chi connectivity index (χ4v) is 9.88. The first-order chi connectivity index (χ1) is 38.5. The van der Waals surface area contributed by atoms with Gasteiger partial charge in [0.1, 0.15) is 13.2 Å². The van der Waals surface area contributed by atoms with Crippen LogP contribution in [0.5, 0.6) is 0 Å². The lowest BCUT2D eigenvalue weighted by Crippen LogP contribution is -2.30. The minimum atomic E-state index is -0.785. The van der Waals surface area contributed by atoms with Gasteiger partial charge in [0.05, 0.1) is 0 Å². The zero-order valence-electron chi connectivity index (χ0n) is 51.9. The van der Waals surface area contributed by atoms with Gasteiger partial charge >= 0.3 is 17.9 Å². The molecule has 0 saturated heterocycles. The van der Waals surface area contributed by atoms with Crippen molar-refractivity contribution in [2.24, 2.45) is 0 Å². The van der Waals surface area contributed by atoms with Crippen LogP contribution in [0.25, 0.3) is 0 Å². The van der Waals surface area contributed by atoms with Crippen molar-refractivity contribution in [1.29, 1.82) is 0 Å². The highest BCUT2D eigenvalue weighted by Gasteiger charge is 2.19. The molecule has 0 aliphatic rings. The maximum Gasteiger partial charge on any atom is 0.306 e. The normalized spacial score (nSPS) is 12.5. The van der Waals surface area contributed by atoms with Gasteiger partial charge in [0, 0.05) is 19.3 Å². The predicted octanol–water partition coefficient (Wildman–Crippen LogP) is 23.3. The molecule has 0 aromatic carbocycles. The van der Waals surface area contributed by atoms with E-state index in [-0.39, 0.29) is 31.1 Å². The van der Waals surface area contributed by atoms with E-state index in [0.29, 0.717) is 19.3 Å². The number of hydrogen-bond acceptors (Lipinski definition) is 6. The van der Waals surface area contributed by atoms with Gasteiger partial charge in [-0.1, -0.05) is 312 Å². The van der Waals surface area contributed by atoms with Crippen LogP contribution in [0.1, 0.15) is 348 Å². The molecule has 0 rings (SSSR count). The van der Waals surface area contributed by atoms with Gasteiger partial charge in [-0.25, -0.2) is 0 Å². The first kappa shape index (κ1) is 74.8. The van der Waals surface area contributed by atoms with Gasteiger partial charge in [0.2, 0.25) is 0 Å². The molecule has 0 fully saturated rings. The van der Waals surface area contributed by atoms with Gasteiger partial charge in [-0.2, -0.15) is 0 Å². The molecule has 0 aliphatic heterocycles. The Morgan fingerprint density at radius 2 is 0.500 bits per heavy atom. The molecule has 1 unspecified atom stereocenters. The third kappa shape index (κ3) is 63.7. The molecule has 0 bridgehead atoms. The van der Waals surface area contributed by atoms with E-state index in [1.807, 2.05) is 0 Å². The summed E-state index contributed by atoms with van der Waals surface area (Å²) in [5, 5.41) is 0. The first-order valence-corrected chi connectivity index (χ1v) is 33.9. The van der Waals surface area contributed by atoms with Crippen LogP contribution >= 0.6 is 0 Å². The Labute approximate surface area is 484 Å². The monoisotopic (exact) mass is 1090 g/mol. The predicted molar refractivity (Wildman–Crippen MR) is 339 cm³/mol. The molecule has 0 saturated carbocycles. The quantitative estimate of drug-likeness (QED) is 0.0261. The molecule has 452 valence electrons. The highest BCUT2D eigenvalue weighted by molar-refractivity contribution is 5.71. The van der Waals surface area contributed by atoms with Crippen molar-refractivity contribution in [3.05, 3.63) is 72.9 Å². The molecule has 0 heterocycles. The standard InChI is InChI=1S/C72H128O6/c1-4-7-10-13-16-19-22-25-28-31-34-36-38-41-44-47-50-53-56-59-62-65-71(74)77-68-69(67-76-70(73)64-61-58-55-52-49-46-43-40-33-30-27-24-21-18-15-12-9-6-3)78-72(75)66-63-60-57-54-51-48-45-42-39-37-35-32-29-26-23-20-17-14-11-8-5-2/h7,10,16,19,25,28,32,34-36,41,44,69H,4-6,8-9,11-15,17-18,20-24,26-27,29-31,33,37-40,42-43,45-68H2,1-3H3/b10-7-,19-16-,28-25-,35-32-,36-34-,44-41-. The summed E-state index contributed by atoms with van der Waals surface area (Å²) >= 11 is 0. The zero-order chi connectivity index (χ0) is 56.4. The Kier molecular flexibility index (Phi) is 63.7. The highest BCUT2D eigenvalue weighted by atomic mass is 16.6. The maximum atomic E-state index is 13.0. The third-order valence-electron chi connectivity index (χ3n) is 14.9. The Morgan fingerprint density at radius 3 is 0.795 bits per heavy atom. The SMILES string of the molecule is CC/C=C\C/C=C\C/C=C\C/C=C\C/C=C\CCCCCCCC(=O)OCC(COC(=O)CCCCCCCCCCCCCCCCCCCC)OC(=O)CCCCCCCCCCC/C=C\CCCCCCCCCC. The van der Waals surface area contributed by atoms with E-state index in [4.69, 9.17) is 14.2 Å². The van der Waals surface area contributed by atoms with Crippen molar-refractivity contribution < 1.29 is 28.6 Å². The fourth-order valence-electron chi connectivity index (χ4n) is 9.88. The van der Waals surface area contributed by atoms with Crippen LogP contribution in [-0.4, -0.2) is 37.2 Å². The minimum absolute atomic E-state index is 0.0790. The number of carbonyl (C=O) groups is 3. The Morgan fingerprint density at radius 1 is 0.269 bits per heavy atom. The zero-order valence-corrected chi connectivity index (χ0v) is 51.9. The molecule has 0 radical (unpaired) electrons. The molecule has 0 aromatic rings. The van der Waals surface area contributed by atoms with Crippen LogP contribution in [-0.2, 0) is 28.6 Å². The molecule has 1 atom stereocenters. The number of allylic oxidation sites excluding steroid dienone is 12. The Balaban J connectivity index is 4.39. The van der Waals surface area contributed by atoms with E-state index in [2.05, 4.69) is 93.7 Å². The van der Waals surface area contributed by atoms with Crippen LogP contribution in [0.2, 0.25) is 0 Å². The summed E-state index contributed by atoms with van der Waals surface area (Å²) in [6, 6.07) is 0. The molecular weight excluding hydrogens is 961 g/mol. The number of rotatable bonds is 62. The van der Waals surface area contributed by atoms with E-state index in [9.17, 15) is 14.4 Å². The number of unbranched alkanes of at least 4 members (excludes halogenated alkanes) is 39. The van der Waals surface area contributed by atoms with Crippen molar-refractivity contribution in [3.63, 3.8) is 0 Å². The minimum Gasteiger partial charge on any atom is -0.462 e. The van der Waals surface area contributed by atoms with Crippen LogP contribution in [0, 0.1) is 0 Å². The average molecular weight is 1090 g/mol. The summed E-state index contributed by atoms with van der Waals surface area (Å²) in [5.41, 5.74) is 0. The molecule has 0 spiro atoms. The smallest absolute Gasteiger partial charge is 0.306 e. The summed E-state index contributed by atoms with van der Waals surface area (Å²) in [6.45, 7) is 6.57. The number of hydrogen-bond donors (Lipinski definition) is 0. The summed E-state index contributed by atoms with van der Waals surface area (Å²) in [6.07, 6.45) is 86.2. The Bertz CT molecular complexity index is 1440. The van der Waals surface area contributed by atoms with Crippen molar-refractivity contribution in [1.82, 2.24) is 0 Å². The average Bonchev–Trinajstić information content (AvgIpc) is 3.44. The van der Waals surface area contributed by atoms with E-state index < -0.39 is 6.10 Å². The maximum absolute atomic E-state index is 13.0. The van der Waals surface area contributed by atoms with Crippen LogP contribution < -0.4 is 0 Å². The fraction of sp³-hybridized carbons (Fsp3) is 0.792. The van der Waals surface area contributed by atoms with E-state index in [1.165, 1.54) is 199 Å². The van der Waals surface area contributed by atoms with Crippen molar-refractivity contribution in [3.8, 4) is 0 Å². The lowest BCUT2D eigenvalue weighted by atomic mass is 10.0. The molecule has 0 amide bonds. The van der Waals surface area contributed by atoms with E-state index in [1.54, 1.807) is 0 Å². The van der Waals surface area contributed by atoms with Gasteiger partial charge in [0.25, 0.3) is 0 Å². The van der Waals surface area contributed by atoms with Crippen molar-refractivity contribution in [2.45, 2.75) is 354 Å². The third-order valence-corrected chi connectivity index (χ3v) is 14.9. The molecular formula is C72H128O6. The second-order valence-electron chi connectivity index (χ2n) is 22.7. The van der Waals surface area contributed by atoms with Crippen LogP contribution in [0.15, 0.2) is 72.9 Å². The van der Waals surface area contributed by atoms with Crippen molar-refractivity contribution in [2.75, 3.05) is 13.2 Å². The summed E-state index contributed by atoms with van der Waals surface area (Å²) in [7, 11) is 0.